The number of amides is 1. The number of rotatable bonds is 5. The zero-order valence-corrected chi connectivity index (χ0v) is 17.7. The number of hydrogen-bond acceptors (Lipinski definition) is 5. The average Bonchev–Trinajstić information content (AvgIpc) is 3.01. The van der Waals surface area contributed by atoms with Crippen LogP contribution in [0, 0.1) is 10.1 Å². The van der Waals surface area contributed by atoms with E-state index >= 15 is 0 Å². The van der Waals surface area contributed by atoms with Crippen LogP contribution in [0.2, 0.25) is 0 Å². The van der Waals surface area contributed by atoms with Crippen LogP contribution in [0.1, 0.15) is 36.7 Å². The van der Waals surface area contributed by atoms with E-state index in [0.717, 1.165) is 10.3 Å². The summed E-state index contributed by atoms with van der Waals surface area (Å²) >= 11 is 1.32. The van der Waals surface area contributed by atoms with Crippen LogP contribution in [0.5, 0.6) is 0 Å². The Morgan fingerprint density at radius 3 is 2.48 bits per heavy atom. The molecule has 0 saturated carbocycles. The Morgan fingerprint density at radius 2 is 1.90 bits per heavy atom. The molecule has 0 aliphatic carbocycles. The number of fused-ring (bicyclic) bond motifs is 1. The second-order valence-corrected chi connectivity index (χ2v) is 8.69. The molecule has 0 aliphatic rings. The number of thiazole rings is 1. The Morgan fingerprint density at radius 1 is 1.21 bits per heavy atom. The van der Waals surface area contributed by atoms with Crippen molar-refractivity contribution in [2.24, 2.45) is 4.99 Å². The van der Waals surface area contributed by atoms with Gasteiger partial charge in [0.25, 0.3) is 11.6 Å². The van der Waals surface area contributed by atoms with Crippen LogP contribution >= 0.6 is 11.3 Å². The van der Waals surface area contributed by atoms with Gasteiger partial charge in [0.05, 0.1) is 21.7 Å². The third-order valence-corrected chi connectivity index (χ3v) is 5.65. The van der Waals surface area contributed by atoms with E-state index in [9.17, 15) is 14.9 Å². The molecule has 1 amide bonds. The Kier molecular flexibility index (Phi) is 5.95. The number of carbonyl (C=O) groups is 1. The molecule has 0 unspecified atom stereocenters. The molecule has 29 heavy (non-hydrogen) atoms. The summed E-state index contributed by atoms with van der Waals surface area (Å²) in [4.78, 5) is 28.2. The maximum absolute atomic E-state index is 12.7. The molecule has 0 radical (unpaired) electrons. The van der Waals surface area contributed by atoms with Gasteiger partial charge < -0.3 is 9.30 Å². The van der Waals surface area contributed by atoms with Crippen LogP contribution < -0.4 is 4.80 Å². The standard InChI is InChI=1S/C21H23N3O4S/c1-21(2,3)15-7-5-14(6-8-15)19(25)22-20-23(11-12-28-4)17-13-16(24(26)27)9-10-18(17)29-20/h5-10,13H,11-12H2,1-4H3. The van der Waals surface area contributed by atoms with E-state index in [-0.39, 0.29) is 17.0 Å². The molecule has 1 aromatic heterocycles. The van der Waals surface area contributed by atoms with Crippen molar-refractivity contribution in [3.8, 4) is 0 Å². The zero-order valence-electron chi connectivity index (χ0n) is 16.8. The Hall–Kier alpha value is -2.84. The third kappa shape index (κ3) is 4.60. The predicted octanol–water partition coefficient (Wildman–Crippen LogP) is 4.30. The van der Waals surface area contributed by atoms with Crippen molar-refractivity contribution >= 4 is 33.1 Å². The fourth-order valence-corrected chi connectivity index (χ4v) is 3.95. The Balaban J connectivity index is 2.06. The van der Waals surface area contributed by atoms with E-state index in [1.807, 2.05) is 12.1 Å². The molecule has 152 valence electrons. The van der Waals surface area contributed by atoms with Gasteiger partial charge in [-0.15, -0.1) is 0 Å². The highest BCUT2D eigenvalue weighted by Gasteiger charge is 2.16. The zero-order chi connectivity index (χ0) is 21.2. The van der Waals surface area contributed by atoms with Gasteiger partial charge in [0.2, 0.25) is 0 Å². The molecule has 0 saturated heterocycles. The number of ether oxygens (including phenoxy) is 1. The maximum atomic E-state index is 12.7. The second kappa shape index (κ2) is 8.26. The van der Waals surface area contributed by atoms with Crippen molar-refractivity contribution in [3.63, 3.8) is 0 Å². The van der Waals surface area contributed by atoms with Crippen LogP contribution in [-0.4, -0.2) is 29.1 Å². The number of nitro groups is 1. The molecule has 1 heterocycles. The van der Waals surface area contributed by atoms with E-state index in [4.69, 9.17) is 4.74 Å². The lowest BCUT2D eigenvalue weighted by molar-refractivity contribution is -0.384. The van der Waals surface area contributed by atoms with Crippen LogP contribution in [0.3, 0.4) is 0 Å². The van der Waals surface area contributed by atoms with E-state index in [0.29, 0.717) is 29.0 Å². The number of hydrogen-bond donors (Lipinski definition) is 0. The van der Waals surface area contributed by atoms with Gasteiger partial charge in [-0.3, -0.25) is 14.9 Å². The first kappa shape index (κ1) is 20.9. The lowest BCUT2D eigenvalue weighted by atomic mass is 9.87. The van der Waals surface area contributed by atoms with E-state index in [1.54, 1.807) is 29.9 Å². The first-order chi connectivity index (χ1) is 13.7. The molecular weight excluding hydrogens is 390 g/mol. The maximum Gasteiger partial charge on any atom is 0.279 e. The number of non-ortho nitro benzene ring substituents is 1. The summed E-state index contributed by atoms with van der Waals surface area (Å²) in [7, 11) is 1.58. The van der Waals surface area contributed by atoms with E-state index < -0.39 is 4.92 Å². The highest BCUT2D eigenvalue weighted by Crippen LogP contribution is 2.24. The van der Waals surface area contributed by atoms with Gasteiger partial charge in [0, 0.05) is 31.4 Å². The molecule has 8 heteroatoms. The summed E-state index contributed by atoms with van der Waals surface area (Å²) < 4.78 is 7.76. The monoisotopic (exact) mass is 413 g/mol. The molecule has 0 fully saturated rings. The van der Waals surface area contributed by atoms with Crippen LogP contribution in [0.4, 0.5) is 5.69 Å². The third-order valence-electron chi connectivity index (χ3n) is 4.59. The van der Waals surface area contributed by atoms with Gasteiger partial charge in [-0.25, -0.2) is 0 Å². The summed E-state index contributed by atoms with van der Waals surface area (Å²) in [5, 5.41) is 11.1. The number of benzene rings is 2. The van der Waals surface area contributed by atoms with Crippen LogP contribution in [0.15, 0.2) is 47.5 Å². The lowest BCUT2D eigenvalue weighted by Crippen LogP contribution is -2.19. The van der Waals surface area contributed by atoms with Crippen molar-refractivity contribution in [2.45, 2.75) is 32.7 Å². The van der Waals surface area contributed by atoms with Crippen molar-refractivity contribution in [1.29, 1.82) is 0 Å². The topological polar surface area (TPSA) is 86.7 Å². The second-order valence-electron chi connectivity index (χ2n) is 7.68. The average molecular weight is 413 g/mol. The molecule has 0 N–H and O–H groups in total. The minimum absolute atomic E-state index is 0.00207. The van der Waals surface area contributed by atoms with Gasteiger partial charge >= 0.3 is 0 Å². The SMILES string of the molecule is COCCn1c(=NC(=O)c2ccc(C(C)(C)C)cc2)sc2ccc([N+](=O)[O-])cc21. The van der Waals surface area contributed by atoms with Crippen molar-refractivity contribution in [3.05, 3.63) is 68.5 Å². The lowest BCUT2D eigenvalue weighted by Gasteiger charge is -2.18. The summed E-state index contributed by atoms with van der Waals surface area (Å²) in [6.45, 7) is 7.18. The number of aromatic nitrogens is 1. The molecule has 3 rings (SSSR count). The Labute approximate surface area is 172 Å². The minimum atomic E-state index is -0.434. The van der Waals surface area contributed by atoms with E-state index in [2.05, 4.69) is 25.8 Å². The van der Waals surface area contributed by atoms with Crippen molar-refractivity contribution in [2.75, 3.05) is 13.7 Å². The van der Waals surface area contributed by atoms with Gasteiger partial charge in [-0.1, -0.05) is 44.2 Å². The molecule has 0 atom stereocenters. The van der Waals surface area contributed by atoms with E-state index in [1.165, 1.54) is 23.5 Å². The van der Waals surface area contributed by atoms with Gasteiger partial charge in [0.15, 0.2) is 4.80 Å². The largest absolute Gasteiger partial charge is 0.383 e. The highest BCUT2D eigenvalue weighted by molar-refractivity contribution is 7.16. The molecular formula is C21H23N3O4S. The molecule has 2 aromatic carbocycles. The quantitative estimate of drug-likeness (QED) is 0.461. The number of nitrogens with zero attached hydrogens (tertiary/aromatic N) is 3. The fourth-order valence-electron chi connectivity index (χ4n) is 2.92. The molecule has 7 nitrogen and oxygen atoms in total. The number of carbonyl (C=O) groups excluding carboxylic acids is 1. The van der Waals surface area contributed by atoms with Crippen LogP contribution in [-0.2, 0) is 16.7 Å². The van der Waals surface area contributed by atoms with Gasteiger partial charge in [0.1, 0.15) is 0 Å². The predicted molar refractivity (Wildman–Crippen MR) is 113 cm³/mol. The first-order valence-corrected chi connectivity index (χ1v) is 9.98. The summed E-state index contributed by atoms with van der Waals surface area (Å²) in [6, 6.07) is 12.1. The van der Waals surface area contributed by atoms with Gasteiger partial charge in [-0.05, 0) is 29.2 Å². The summed E-state index contributed by atoms with van der Waals surface area (Å²) in [5.41, 5.74) is 2.30. The highest BCUT2D eigenvalue weighted by atomic mass is 32.1. The van der Waals surface area contributed by atoms with Gasteiger partial charge in [-0.2, -0.15) is 4.99 Å². The molecule has 3 aromatic rings. The van der Waals surface area contributed by atoms with Crippen molar-refractivity contribution < 1.29 is 14.5 Å². The summed E-state index contributed by atoms with van der Waals surface area (Å²) in [6.07, 6.45) is 0. The number of nitro benzene ring substituents is 1. The first-order valence-electron chi connectivity index (χ1n) is 9.17. The summed E-state index contributed by atoms with van der Waals surface area (Å²) in [5.74, 6) is -0.349. The fraction of sp³-hybridized carbons (Fsp3) is 0.333. The number of methoxy groups -OCH3 is 1. The van der Waals surface area contributed by atoms with Crippen LogP contribution in [0.25, 0.3) is 10.2 Å². The Bertz CT molecular complexity index is 1120. The normalized spacial score (nSPS) is 12.5. The smallest absolute Gasteiger partial charge is 0.279 e. The molecule has 0 spiro atoms. The van der Waals surface area contributed by atoms with Crippen molar-refractivity contribution in [1.82, 2.24) is 4.57 Å². The molecule has 0 aliphatic heterocycles. The molecule has 0 bridgehead atoms. The minimum Gasteiger partial charge on any atom is -0.383 e.